The van der Waals surface area contributed by atoms with E-state index in [1.807, 2.05) is 30.3 Å². The summed E-state index contributed by atoms with van der Waals surface area (Å²) in [5.74, 6) is -4.91. The fourth-order valence-electron chi connectivity index (χ4n) is 4.40. The van der Waals surface area contributed by atoms with E-state index < -0.39 is 54.3 Å². The zero-order chi connectivity index (χ0) is 30.3. The number of allylic oxidation sites excluding steroid dienone is 1. The Morgan fingerprint density at radius 2 is 1.73 bits per heavy atom. The number of hydrogen-bond acceptors (Lipinski definition) is 7. The molecule has 0 radical (unpaired) electrons. The molecule has 3 atom stereocenters. The van der Waals surface area contributed by atoms with Crippen molar-refractivity contribution in [2.75, 3.05) is 13.2 Å². The molecule has 1 fully saturated rings. The number of nitrogens with one attached hydrogen (secondary N) is 1. The number of benzene rings is 2. The number of hydrogen-bond donors (Lipinski definition) is 4. The predicted octanol–water partition coefficient (Wildman–Crippen LogP) is 3.32. The number of carboxylic acids is 3. The van der Waals surface area contributed by atoms with Crippen LogP contribution in [0.4, 0.5) is 0 Å². The minimum Gasteiger partial charge on any atom is -0.480 e. The summed E-state index contributed by atoms with van der Waals surface area (Å²) in [6.07, 6.45) is 1.72. The summed E-state index contributed by atoms with van der Waals surface area (Å²) < 4.78 is 5.04. The molecular formula is C28H28Cl2N2O9. The summed E-state index contributed by atoms with van der Waals surface area (Å²) in [4.78, 5) is 61.8. The molecule has 1 heterocycles. The molecule has 0 saturated carbocycles. The summed E-state index contributed by atoms with van der Waals surface area (Å²) in [5.41, 5.74) is 1.26. The van der Waals surface area contributed by atoms with E-state index >= 15 is 0 Å². The first-order valence-corrected chi connectivity index (χ1v) is 13.3. The van der Waals surface area contributed by atoms with Gasteiger partial charge in [-0.1, -0.05) is 53.5 Å². The molecule has 1 unspecified atom stereocenters. The molecule has 1 aliphatic rings. The van der Waals surface area contributed by atoms with E-state index in [0.717, 1.165) is 10.5 Å². The molecule has 0 spiro atoms. The third-order valence-corrected chi connectivity index (χ3v) is 7.32. The van der Waals surface area contributed by atoms with Crippen LogP contribution in [0.25, 0.3) is 0 Å². The number of amides is 1. The second-order valence-electron chi connectivity index (χ2n) is 9.42. The van der Waals surface area contributed by atoms with Gasteiger partial charge in [-0.25, -0.2) is 9.59 Å². The Hall–Kier alpha value is -3.93. The van der Waals surface area contributed by atoms with E-state index in [1.165, 1.54) is 25.1 Å². The first-order valence-electron chi connectivity index (χ1n) is 12.5. The number of rotatable bonds is 13. The largest absolute Gasteiger partial charge is 0.480 e. The Kier molecular flexibility index (Phi) is 10.9. The Bertz CT molecular complexity index is 1360. The predicted molar refractivity (Wildman–Crippen MR) is 149 cm³/mol. The van der Waals surface area contributed by atoms with Gasteiger partial charge in [0.25, 0.3) is 0 Å². The van der Waals surface area contributed by atoms with Crippen LogP contribution in [0.3, 0.4) is 0 Å². The van der Waals surface area contributed by atoms with Gasteiger partial charge in [0.05, 0.1) is 11.1 Å². The summed E-state index contributed by atoms with van der Waals surface area (Å²) in [7, 11) is 0. The first-order chi connectivity index (χ1) is 19.4. The van der Waals surface area contributed by atoms with Gasteiger partial charge in [0.1, 0.15) is 22.9 Å². The molecule has 2 aromatic rings. The van der Waals surface area contributed by atoms with Gasteiger partial charge in [-0.15, -0.1) is 0 Å². The smallest absolute Gasteiger partial charge is 0.341 e. The van der Waals surface area contributed by atoms with Crippen LogP contribution in [-0.2, 0) is 25.6 Å². The van der Waals surface area contributed by atoms with Crippen LogP contribution in [0, 0.1) is 0 Å². The maximum atomic E-state index is 13.2. The third kappa shape index (κ3) is 8.29. The number of ether oxygens (including phenoxy) is 1. The lowest BCUT2D eigenvalue weighted by atomic mass is 10.0. The van der Waals surface area contributed by atoms with Crippen LogP contribution >= 0.6 is 23.2 Å². The van der Waals surface area contributed by atoms with Gasteiger partial charge >= 0.3 is 17.9 Å². The summed E-state index contributed by atoms with van der Waals surface area (Å²) in [6, 6.07) is 8.53. The monoisotopic (exact) mass is 606 g/mol. The Labute approximate surface area is 245 Å². The molecule has 0 bridgehead atoms. The molecule has 0 aromatic heterocycles. The van der Waals surface area contributed by atoms with Gasteiger partial charge in [0, 0.05) is 18.5 Å². The molecule has 218 valence electrons. The first kappa shape index (κ1) is 31.6. The molecule has 41 heavy (non-hydrogen) atoms. The highest BCUT2D eigenvalue weighted by atomic mass is 35.5. The van der Waals surface area contributed by atoms with Gasteiger partial charge in [-0.3, -0.25) is 19.7 Å². The number of aliphatic carboxylic acids is 3. The Morgan fingerprint density at radius 3 is 2.34 bits per heavy atom. The lowest BCUT2D eigenvalue weighted by Crippen LogP contribution is -2.53. The zero-order valence-corrected chi connectivity index (χ0v) is 23.4. The van der Waals surface area contributed by atoms with Crippen LogP contribution in [0.2, 0.25) is 10.0 Å². The molecule has 13 heteroatoms. The van der Waals surface area contributed by atoms with E-state index in [1.54, 1.807) is 0 Å². The number of aryl methyl sites for hydroxylation is 1. The highest BCUT2D eigenvalue weighted by molar-refractivity contribution is 6.45. The normalized spacial score (nSPS) is 17.2. The van der Waals surface area contributed by atoms with Crippen molar-refractivity contribution in [1.29, 1.82) is 0 Å². The summed E-state index contributed by atoms with van der Waals surface area (Å²) in [6.45, 7) is 0.629. The van der Waals surface area contributed by atoms with Crippen molar-refractivity contribution in [3.63, 3.8) is 0 Å². The quantitative estimate of drug-likeness (QED) is 0.196. The van der Waals surface area contributed by atoms with Crippen LogP contribution in [0.1, 0.15) is 35.7 Å². The average Bonchev–Trinajstić information content (AvgIpc) is 3.35. The number of likely N-dealkylation sites (tertiary alicyclic amines) is 1. The molecule has 3 rings (SSSR count). The van der Waals surface area contributed by atoms with E-state index in [2.05, 4.69) is 5.32 Å². The minimum absolute atomic E-state index is 0.0266. The van der Waals surface area contributed by atoms with E-state index in [4.69, 9.17) is 33.0 Å². The van der Waals surface area contributed by atoms with Crippen LogP contribution < -0.4 is 10.1 Å². The topological polar surface area (TPSA) is 171 Å². The SMILES string of the molecule is C[C@H](N[C@@H](CCc1ccccc1)C(=O)O)C(=O)N1C/C(=C/C(=O)c2ccc(OCC(=O)O)c(Cl)c2Cl)CC1C(=O)O. The van der Waals surface area contributed by atoms with Crippen LogP contribution in [0.15, 0.2) is 54.1 Å². The number of carbonyl (C=O) groups excluding carboxylic acids is 2. The average molecular weight is 607 g/mol. The molecule has 11 nitrogen and oxygen atoms in total. The lowest BCUT2D eigenvalue weighted by molar-refractivity contribution is -0.149. The van der Waals surface area contributed by atoms with E-state index in [0.29, 0.717) is 12.0 Å². The number of halogens is 2. The van der Waals surface area contributed by atoms with Gasteiger partial charge < -0.3 is 25.0 Å². The summed E-state index contributed by atoms with van der Waals surface area (Å²) >= 11 is 12.3. The third-order valence-electron chi connectivity index (χ3n) is 6.46. The molecule has 4 N–H and O–H groups in total. The lowest BCUT2D eigenvalue weighted by Gasteiger charge is -2.27. The molecular weight excluding hydrogens is 579 g/mol. The van der Waals surface area contributed by atoms with E-state index in [9.17, 15) is 34.2 Å². The fraction of sp³-hybridized carbons (Fsp3) is 0.321. The number of ketones is 1. The highest BCUT2D eigenvalue weighted by Crippen LogP contribution is 2.35. The molecule has 1 amide bonds. The van der Waals surface area contributed by atoms with Crippen molar-refractivity contribution >= 4 is 52.8 Å². The number of nitrogens with zero attached hydrogens (tertiary/aromatic N) is 1. The van der Waals surface area contributed by atoms with Gasteiger partial charge in [0.15, 0.2) is 12.4 Å². The van der Waals surface area contributed by atoms with Crippen molar-refractivity contribution in [1.82, 2.24) is 10.2 Å². The molecule has 2 aromatic carbocycles. The van der Waals surface area contributed by atoms with E-state index in [-0.39, 0.29) is 40.7 Å². The maximum Gasteiger partial charge on any atom is 0.341 e. The second kappa shape index (κ2) is 14.1. The summed E-state index contributed by atoms with van der Waals surface area (Å²) in [5, 5.41) is 30.6. The van der Waals surface area contributed by atoms with Gasteiger partial charge in [-0.05, 0) is 49.1 Å². The van der Waals surface area contributed by atoms with Crippen molar-refractivity contribution < 1.29 is 44.0 Å². The van der Waals surface area contributed by atoms with Crippen molar-refractivity contribution in [2.24, 2.45) is 0 Å². The molecule has 0 aliphatic carbocycles. The van der Waals surface area contributed by atoms with Crippen molar-refractivity contribution in [3.05, 3.63) is 75.3 Å². The zero-order valence-electron chi connectivity index (χ0n) is 21.9. The van der Waals surface area contributed by atoms with Gasteiger partial charge in [-0.2, -0.15) is 0 Å². The highest BCUT2D eigenvalue weighted by Gasteiger charge is 2.39. The van der Waals surface area contributed by atoms with Crippen LogP contribution in [-0.4, -0.2) is 81.1 Å². The Morgan fingerprint density at radius 1 is 1.05 bits per heavy atom. The van der Waals surface area contributed by atoms with Crippen LogP contribution in [0.5, 0.6) is 5.75 Å². The number of carbonyl (C=O) groups is 5. The standard InChI is InChI=1S/C28H28Cl2N2O9/c1-15(31-19(27(37)38)9-7-16-5-3-2-4-6-16)26(36)32-13-17(11-20(32)28(39)40)12-21(33)18-8-10-22(25(30)24(18)29)41-14-23(34)35/h2-6,8,10,12,15,19-20,31H,7,9,11,13-14H2,1H3,(H,34,35)(H,37,38)(H,39,40)/b17-12+/t15-,19-,20?/m0/s1. The fourth-order valence-corrected chi connectivity index (χ4v) is 4.87. The number of carboxylic acid groups (broad SMARTS) is 3. The maximum absolute atomic E-state index is 13.2. The minimum atomic E-state index is -1.28. The van der Waals surface area contributed by atoms with Crippen molar-refractivity contribution in [3.8, 4) is 5.75 Å². The Balaban J connectivity index is 1.72. The molecule has 1 aliphatic heterocycles. The molecule has 1 saturated heterocycles. The van der Waals surface area contributed by atoms with Crippen molar-refractivity contribution in [2.45, 2.75) is 44.3 Å². The van der Waals surface area contributed by atoms with Gasteiger partial charge in [0.2, 0.25) is 5.91 Å². The second-order valence-corrected chi connectivity index (χ2v) is 10.2.